The highest BCUT2D eigenvalue weighted by Gasteiger charge is 2.35. The Hall–Kier alpha value is -3.01. The number of alkyl halides is 5. The molecule has 0 saturated carbocycles. The van der Waals surface area contributed by atoms with E-state index >= 15 is 0 Å². The molecule has 1 aromatic rings. The molecule has 1 aromatic carbocycles. The number of carbonyl (C=O) groups is 1. The van der Waals surface area contributed by atoms with Gasteiger partial charge in [0, 0.05) is 32.6 Å². The van der Waals surface area contributed by atoms with Gasteiger partial charge in [0.2, 0.25) is 6.41 Å². The molecule has 0 bridgehead atoms. The van der Waals surface area contributed by atoms with Crippen LogP contribution in [-0.4, -0.2) is 49.3 Å². The van der Waals surface area contributed by atoms with E-state index in [9.17, 15) is 26.7 Å². The van der Waals surface area contributed by atoms with Gasteiger partial charge in [-0.3, -0.25) is 9.79 Å². The van der Waals surface area contributed by atoms with Crippen molar-refractivity contribution in [3.05, 3.63) is 81.3 Å². The topological polar surface area (TPSA) is 45.0 Å². The van der Waals surface area contributed by atoms with Crippen LogP contribution in [-0.2, 0) is 23.3 Å². The van der Waals surface area contributed by atoms with Gasteiger partial charge in [0.15, 0.2) is 0 Å². The van der Waals surface area contributed by atoms with Crippen LogP contribution < -0.4 is 0 Å². The predicted octanol–water partition coefficient (Wildman–Crippen LogP) is 8.80. The zero-order valence-corrected chi connectivity index (χ0v) is 25.6. The summed E-state index contributed by atoms with van der Waals surface area (Å²) in [6.45, 7) is 10.2. The van der Waals surface area contributed by atoms with E-state index in [0.29, 0.717) is 19.4 Å². The second kappa shape index (κ2) is 17.1. The molecule has 0 atom stereocenters. The number of benzene rings is 1. The first kappa shape index (κ1) is 36.0. The molecule has 41 heavy (non-hydrogen) atoms. The van der Waals surface area contributed by atoms with E-state index < -0.39 is 23.2 Å². The summed E-state index contributed by atoms with van der Waals surface area (Å²) in [7, 11) is 1.80. The van der Waals surface area contributed by atoms with E-state index in [1.165, 1.54) is 0 Å². The Bertz CT molecular complexity index is 1200. The number of amides is 1. The number of rotatable bonds is 10. The fourth-order valence-electron chi connectivity index (χ4n) is 4.10. The maximum Gasteiger partial charge on any atom is 0.416 e. The van der Waals surface area contributed by atoms with Crippen LogP contribution in [0.25, 0.3) is 0 Å². The molecule has 1 aliphatic rings. The van der Waals surface area contributed by atoms with Gasteiger partial charge in [0.05, 0.1) is 16.2 Å². The van der Waals surface area contributed by atoms with E-state index in [2.05, 4.69) is 47.0 Å². The van der Waals surface area contributed by atoms with Crippen LogP contribution in [0.1, 0.15) is 64.2 Å². The van der Waals surface area contributed by atoms with Gasteiger partial charge in [-0.2, -0.15) is 18.2 Å². The number of allylic oxidation sites excluding steroid dienone is 7. The van der Waals surface area contributed by atoms with Crippen molar-refractivity contribution in [1.29, 1.82) is 0 Å². The second-order valence-electron chi connectivity index (χ2n) is 9.20. The lowest BCUT2D eigenvalue weighted by Gasteiger charge is -2.26. The molecule has 1 amide bonds. The van der Waals surface area contributed by atoms with Gasteiger partial charge >= 0.3 is 6.18 Å². The third-order valence-electron chi connectivity index (χ3n) is 6.11. The Balaban J connectivity index is 0.000000452. The maximum atomic E-state index is 12.9. The Morgan fingerprint density at radius 2 is 1.68 bits per heavy atom. The van der Waals surface area contributed by atoms with Crippen LogP contribution in [0.15, 0.2) is 74.6 Å². The summed E-state index contributed by atoms with van der Waals surface area (Å²) in [4.78, 5) is 22.7. The molecule has 0 saturated heterocycles. The Labute approximate surface area is 244 Å². The minimum absolute atomic E-state index is 0.0282. The molecule has 0 unspecified atom stereocenters. The number of aryl methyl sites for hydroxylation is 1. The third-order valence-corrected chi connectivity index (χ3v) is 6.85. The first-order valence-corrected chi connectivity index (χ1v) is 14.7. The minimum Gasteiger partial charge on any atom is -0.356 e. The molecular formula is C31H40F5N3OS. The van der Waals surface area contributed by atoms with Crippen LogP contribution in [0.3, 0.4) is 0 Å². The smallest absolute Gasteiger partial charge is 0.356 e. The molecule has 0 fully saturated rings. The number of nitrogens with zero attached hydrogens (tertiary/aromatic N) is 3. The fourth-order valence-corrected chi connectivity index (χ4v) is 4.72. The molecule has 0 spiro atoms. The molecule has 0 heterocycles. The van der Waals surface area contributed by atoms with E-state index in [-0.39, 0.29) is 12.0 Å². The summed E-state index contributed by atoms with van der Waals surface area (Å²) in [5.41, 5.74) is 1.60. The van der Waals surface area contributed by atoms with Crippen molar-refractivity contribution in [3.63, 3.8) is 0 Å². The maximum absolute atomic E-state index is 12.9. The fraction of sp³-hybridized carbons (Fsp3) is 0.452. The average Bonchev–Trinajstić information content (AvgIpc) is 2.93. The molecule has 226 valence electrons. The second-order valence-corrected chi connectivity index (χ2v) is 10.0. The van der Waals surface area contributed by atoms with Crippen molar-refractivity contribution in [1.82, 2.24) is 4.90 Å². The third kappa shape index (κ3) is 11.1. The van der Waals surface area contributed by atoms with Crippen molar-refractivity contribution in [2.24, 2.45) is 9.98 Å². The van der Waals surface area contributed by atoms with Gasteiger partial charge in [0.25, 0.3) is 5.92 Å². The molecule has 4 nitrogen and oxygen atoms in total. The number of aliphatic imine (C=N–C) groups is 2. The molecule has 0 N–H and O–H groups in total. The lowest BCUT2D eigenvalue weighted by Crippen LogP contribution is -2.33. The zero-order valence-electron chi connectivity index (χ0n) is 24.8. The first-order chi connectivity index (χ1) is 19.3. The van der Waals surface area contributed by atoms with Crippen molar-refractivity contribution < 1.29 is 26.7 Å². The number of hydrogen-bond acceptors (Lipinski definition) is 3. The molecule has 0 radical (unpaired) electrons. The number of carbonyl (C=O) groups excluding carboxylic acids is 1. The summed E-state index contributed by atoms with van der Waals surface area (Å²) in [6, 6.07) is 2.67. The molecule has 10 heteroatoms. The van der Waals surface area contributed by atoms with Crippen LogP contribution in [0.5, 0.6) is 0 Å². The van der Waals surface area contributed by atoms with Gasteiger partial charge in [-0.15, -0.1) is 11.8 Å². The van der Waals surface area contributed by atoms with Gasteiger partial charge in [-0.1, -0.05) is 45.1 Å². The Morgan fingerprint density at radius 3 is 2.12 bits per heavy atom. The lowest BCUT2D eigenvalue weighted by atomic mass is 9.99. The van der Waals surface area contributed by atoms with Crippen molar-refractivity contribution in [2.75, 3.05) is 26.4 Å². The van der Waals surface area contributed by atoms with Crippen LogP contribution in [0, 0.1) is 0 Å². The Kier molecular flexibility index (Phi) is 15.0. The predicted molar refractivity (Wildman–Crippen MR) is 162 cm³/mol. The first-order valence-electron chi connectivity index (χ1n) is 13.4. The van der Waals surface area contributed by atoms with Crippen molar-refractivity contribution in [2.45, 2.75) is 66.0 Å². The number of thioether (sulfide) groups is 1. The normalized spacial score (nSPS) is 16.4. The van der Waals surface area contributed by atoms with E-state index in [1.54, 1.807) is 25.7 Å². The highest BCUT2D eigenvalue weighted by atomic mass is 32.2. The zero-order chi connectivity index (χ0) is 31.2. The average molecular weight is 598 g/mol. The van der Waals surface area contributed by atoms with Gasteiger partial charge in [-0.25, -0.2) is 8.78 Å². The summed E-state index contributed by atoms with van der Waals surface area (Å²) in [5, 5.41) is 0. The van der Waals surface area contributed by atoms with E-state index in [4.69, 9.17) is 0 Å². The SMILES string of the molecule is C/C=C1C=C(/C=C(\SC)C(=NC=O)N(CCC)CCC)C=CC/1=NC.CCc1ccc(C(C)(F)F)cc1C(F)(F)F. The molecular weight excluding hydrogens is 557 g/mol. The number of halogens is 5. The Morgan fingerprint density at radius 1 is 1.05 bits per heavy atom. The molecule has 0 aliphatic heterocycles. The minimum atomic E-state index is -4.59. The van der Waals surface area contributed by atoms with Gasteiger partial charge in [0.1, 0.15) is 5.84 Å². The molecule has 2 rings (SSSR count). The van der Waals surface area contributed by atoms with Crippen LogP contribution in [0.2, 0.25) is 0 Å². The van der Waals surface area contributed by atoms with Gasteiger partial charge < -0.3 is 4.90 Å². The number of hydrogen-bond donors (Lipinski definition) is 0. The van der Waals surface area contributed by atoms with Crippen molar-refractivity contribution in [3.8, 4) is 0 Å². The largest absolute Gasteiger partial charge is 0.416 e. The number of amidine groups is 1. The van der Waals surface area contributed by atoms with E-state index in [0.717, 1.165) is 65.7 Å². The quantitative estimate of drug-likeness (QED) is 0.117. The lowest BCUT2D eigenvalue weighted by molar-refractivity contribution is -0.138. The summed E-state index contributed by atoms with van der Waals surface area (Å²) in [6.07, 6.45) is 10.6. The standard InChI is InChI=1S/C20H29N3OS.C11H11F5/c1-6-11-23(12-7-2)20(22-15-24)19(25-5)14-16-9-10-18(21-4)17(8-3)13-16;1-3-7-4-5-8(10(2,12)13)6-9(7)11(14,15)16/h8-10,13-15H,6-7,11-12H2,1-5H3;4-6H,3H2,1-2H3/b17-8-,19-14-,21-18?,22-20?;. The summed E-state index contributed by atoms with van der Waals surface area (Å²) >= 11 is 1.61. The van der Waals surface area contributed by atoms with Crippen molar-refractivity contribution >= 4 is 29.7 Å². The summed E-state index contributed by atoms with van der Waals surface area (Å²) < 4.78 is 63.5. The van der Waals surface area contributed by atoms with Crippen LogP contribution in [0.4, 0.5) is 22.0 Å². The monoisotopic (exact) mass is 597 g/mol. The van der Waals surface area contributed by atoms with E-state index in [1.807, 2.05) is 25.3 Å². The summed E-state index contributed by atoms with van der Waals surface area (Å²) in [5.74, 6) is -2.50. The highest BCUT2D eigenvalue weighted by Crippen LogP contribution is 2.36. The highest BCUT2D eigenvalue weighted by molar-refractivity contribution is 8.03. The molecule has 1 aliphatic carbocycles. The molecule has 0 aromatic heterocycles. The van der Waals surface area contributed by atoms with Gasteiger partial charge in [-0.05, 0) is 73.4 Å². The van der Waals surface area contributed by atoms with Crippen LogP contribution >= 0.6 is 11.8 Å².